The minimum Gasteiger partial charge on any atom is -0.496 e. The average molecular weight is 470 g/mol. The lowest BCUT2D eigenvalue weighted by Gasteiger charge is -2.30. The van der Waals surface area contributed by atoms with Gasteiger partial charge in [-0.2, -0.15) is 0 Å². The summed E-state index contributed by atoms with van der Waals surface area (Å²) < 4.78 is 16.7. The second kappa shape index (κ2) is 8.41. The van der Waals surface area contributed by atoms with Crippen LogP contribution in [0.15, 0.2) is 39.7 Å². The Bertz CT molecular complexity index is 1140. The summed E-state index contributed by atoms with van der Waals surface area (Å²) in [5.74, 6) is 2.38. The normalized spacial score (nSPS) is 25.8. The molecule has 3 atom stereocenters. The Morgan fingerprint density at radius 3 is 2.75 bits per heavy atom. The van der Waals surface area contributed by atoms with Crippen LogP contribution in [0.3, 0.4) is 0 Å². The summed E-state index contributed by atoms with van der Waals surface area (Å²) in [6.07, 6.45) is 6.51. The molecule has 2 heterocycles. The van der Waals surface area contributed by atoms with Crippen LogP contribution in [0.1, 0.15) is 41.8 Å². The molecule has 3 unspecified atom stereocenters. The molecule has 2 aliphatic carbocycles. The molecular formula is C24H23NO5S2. The van der Waals surface area contributed by atoms with Crippen LogP contribution in [-0.2, 0) is 9.53 Å². The molecule has 2 aromatic rings. The number of methoxy groups -OCH3 is 2. The van der Waals surface area contributed by atoms with Gasteiger partial charge >= 0.3 is 5.97 Å². The Morgan fingerprint density at radius 1 is 1.22 bits per heavy atom. The SMILES string of the molecule is COC(=O)c1cc(-c2ccc(/C=C3\SC(=S)N(C4CC5CCC4C5)C3=O)o2)ccc1OC. The van der Waals surface area contributed by atoms with Gasteiger partial charge in [0.2, 0.25) is 0 Å². The monoisotopic (exact) mass is 469 g/mol. The fourth-order valence-electron chi connectivity index (χ4n) is 5.14. The second-order valence-corrected chi connectivity index (χ2v) is 10.1. The van der Waals surface area contributed by atoms with E-state index in [1.165, 1.54) is 45.2 Å². The highest BCUT2D eigenvalue weighted by molar-refractivity contribution is 8.26. The number of amides is 1. The zero-order valence-corrected chi connectivity index (χ0v) is 19.5. The van der Waals surface area contributed by atoms with Crippen LogP contribution < -0.4 is 4.74 Å². The highest BCUT2D eigenvalue weighted by Crippen LogP contribution is 2.49. The van der Waals surface area contributed by atoms with Crippen LogP contribution in [0.25, 0.3) is 17.4 Å². The van der Waals surface area contributed by atoms with Crippen molar-refractivity contribution in [2.75, 3.05) is 14.2 Å². The molecule has 1 amide bonds. The fraction of sp³-hybridized carbons (Fsp3) is 0.375. The maximum atomic E-state index is 13.1. The van der Waals surface area contributed by atoms with Crippen LogP contribution >= 0.6 is 24.0 Å². The Labute approximate surface area is 195 Å². The zero-order valence-electron chi connectivity index (χ0n) is 17.8. The third kappa shape index (κ3) is 3.65. The van der Waals surface area contributed by atoms with Gasteiger partial charge in [0.15, 0.2) is 0 Å². The molecular weight excluding hydrogens is 446 g/mol. The van der Waals surface area contributed by atoms with E-state index < -0.39 is 5.97 Å². The first-order valence-corrected chi connectivity index (χ1v) is 11.8. The fourth-order valence-corrected chi connectivity index (χ4v) is 6.49. The third-order valence-electron chi connectivity index (χ3n) is 6.65. The molecule has 2 bridgehead atoms. The van der Waals surface area contributed by atoms with Gasteiger partial charge in [-0.1, -0.05) is 30.4 Å². The molecule has 1 saturated heterocycles. The van der Waals surface area contributed by atoms with Crippen molar-refractivity contribution in [2.45, 2.75) is 31.7 Å². The standard InChI is InChI=1S/C24H23NO5S2/c1-28-20-7-5-15(11-17(20)23(27)29-2)19-8-6-16(30-19)12-21-22(26)25(24(31)32-21)18-10-13-3-4-14(18)9-13/h5-8,11-14,18H,3-4,9-10H2,1-2H3/b21-12-. The number of carbonyl (C=O) groups is 2. The summed E-state index contributed by atoms with van der Waals surface area (Å²) in [4.78, 5) is 27.6. The molecule has 1 aliphatic heterocycles. The lowest BCUT2D eigenvalue weighted by molar-refractivity contribution is -0.124. The van der Waals surface area contributed by atoms with E-state index in [4.69, 9.17) is 26.1 Å². The van der Waals surface area contributed by atoms with Gasteiger partial charge in [-0.25, -0.2) is 4.79 Å². The topological polar surface area (TPSA) is 69.0 Å². The lowest BCUT2D eigenvalue weighted by atomic mass is 9.94. The molecule has 8 heteroatoms. The van der Waals surface area contributed by atoms with E-state index in [9.17, 15) is 9.59 Å². The van der Waals surface area contributed by atoms with E-state index in [1.807, 2.05) is 23.1 Å². The molecule has 3 fully saturated rings. The minimum absolute atomic E-state index is 0.0204. The van der Waals surface area contributed by atoms with Crippen molar-refractivity contribution in [1.82, 2.24) is 4.90 Å². The van der Waals surface area contributed by atoms with Crippen molar-refractivity contribution in [3.63, 3.8) is 0 Å². The van der Waals surface area contributed by atoms with Gasteiger partial charge in [-0.05, 0) is 61.4 Å². The number of hydrogen-bond donors (Lipinski definition) is 0. The molecule has 2 saturated carbocycles. The predicted molar refractivity (Wildman–Crippen MR) is 126 cm³/mol. The van der Waals surface area contributed by atoms with Gasteiger partial charge in [0.1, 0.15) is 27.2 Å². The van der Waals surface area contributed by atoms with Gasteiger partial charge in [0, 0.05) is 17.7 Å². The average Bonchev–Trinajstić information content (AvgIpc) is 3.58. The summed E-state index contributed by atoms with van der Waals surface area (Å²) in [6.45, 7) is 0. The number of hydrogen-bond acceptors (Lipinski definition) is 7. The van der Waals surface area contributed by atoms with Crippen LogP contribution in [0, 0.1) is 11.8 Å². The lowest BCUT2D eigenvalue weighted by Crippen LogP contribution is -2.41. The number of carbonyl (C=O) groups excluding carboxylic acids is 2. The Balaban J connectivity index is 1.38. The number of rotatable bonds is 5. The number of furan rings is 1. The molecule has 1 aromatic heterocycles. The molecule has 0 spiro atoms. The summed E-state index contributed by atoms with van der Waals surface area (Å²) in [7, 11) is 2.83. The zero-order chi connectivity index (χ0) is 22.4. The van der Waals surface area contributed by atoms with Crippen LogP contribution in [0.5, 0.6) is 5.75 Å². The number of ether oxygens (including phenoxy) is 2. The molecule has 1 aromatic carbocycles. The first-order chi connectivity index (χ1) is 15.5. The van der Waals surface area contributed by atoms with E-state index in [2.05, 4.69) is 0 Å². The molecule has 32 heavy (non-hydrogen) atoms. The van der Waals surface area contributed by atoms with E-state index in [0.717, 1.165) is 12.3 Å². The predicted octanol–water partition coefficient (Wildman–Crippen LogP) is 5.13. The van der Waals surface area contributed by atoms with Gasteiger partial charge < -0.3 is 13.9 Å². The maximum Gasteiger partial charge on any atom is 0.341 e. The summed E-state index contributed by atoms with van der Waals surface area (Å²) in [5.41, 5.74) is 1.03. The smallest absolute Gasteiger partial charge is 0.341 e. The van der Waals surface area contributed by atoms with Gasteiger partial charge in [-0.15, -0.1) is 0 Å². The first-order valence-electron chi connectivity index (χ1n) is 10.6. The Morgan fingerprint density at radius 2 is 2.06 bits per heavy atom. The van der Waals surface area contributed by atoms with Gasteiger partial charge in [0.25, 0.3) is 5.91 Å². The number of thioether (sulfide) groups is 1. The molecule has 5 rings (SSSR count). The maximum absolute atomic E-state index is 13.1. The Kier molecular flexibility index (Phi) is 5.59. The van der Waals surface area contributed by atoms with E-state index in [0.29, 0.717) is 43.5 Å². The van der Waals surface area contributed by atoms with E-state index in [1.54, 1.807) is 18.2 Å². The molecule has 6 nitrogen and oxygen atoms in total. The summed E-state index contributed by atoms with van der Waals surface area (Å²) in [6, 6.07) is 9.04. The van der Waals surface area contributed by atoms with Crippen LogP contribution in [0.4, 0.5) is 0 Å². The van der Waals surface area contributed by atoms with Crippen molar-refractivity contribution in [3.05, 3.63) is 46.6 Å². The van der Waals surface area contributed by atoms with Crippen molar-refractivity contribution in [2.24, 2.45) is 11.8 Å². The van der Waals surface area contributed by atoms with Crippen LogP contribution in [0.2, 0.25) is 0 Å². The first kappa shape index (κ1) is 21.3. The molecule has 0 radical (unpaired) electrons. The van der Waals surface area contributed by atoms with Crippen LogP contribution in [-0.4, -0.2) is 41.4 Å². The molecule has 0 N–H and O–H groups in total. The number of thiocarbonyl (C=S) groups is 1. The highest BCUT2D eigenvalue weighted by Gasteiger charge is 2.48. The van der Waals surface area contributed by atoms with Crippen molar-refractivity contribution < 1.29 is 23.5 Å². The second-order valence-electron chi connectivity index (χ2n) is 8.40. The molecule has 3 aliphatic rings. The molecule has 166 valence electrons. The van der Waals surface area contributed by atoms with Crippen molar-refractivity contribution >= 4 is 46.3 Å². The number of nitrogens with zero attached hydrogens (tertiary/aromatic N) is 1. The number of benzene rings is 1. The van der Waals surface area contributed by atoms with Gasteiger partial charge in [-0.3, -0.25) is 9.69 Å². The number of fused-ring (bicyclic) bond motifs is 2. The highest BCUT2D eigenvalue weighted by atomic mass is 32.2. The van der Waals surface area contributed by atoms with Crippen molar-refractivity contribution in [1.29, 1.82) is 0 Å². The number of esters is 1. The van der Waals surface area contributed by atoms with Crippen molar-refractivity contribution in [3.8, 4) is 17.1 Å². The quantitative estimate of drug-likeness (QED) is 0.341. The third-order valence-corrected chi connectivity index (χ3v) is 7.98. The minimum atomic E-state index is -0.486. The largest absolute Gasteiger partial charge is 0.496 e. The van der Waals surface area contributed by atoms with E-state index >= 15 is 0 Å². The Hall–Kier alpha value is -2.58. The van der Waals surface area contributed by atoms with Gasteiger partial charge in [0.05, 0.1) is 19.1 Å². The summed E-state index contributed by atoms with van der Waals surface area (Å²) in [5, 5.41) is 0. The van der Waals surface area contributed by atoms with E-state index in [-0.39, 0.29) is 11.9 Å². The summed E-state index contributed by atoms with van der Waals surface area (Å²) >= 11 is 6.90.